The smallest absolute Gasteiger partial charge is 0.0545 e. The second-order valence-corrected chi connectivity index (χ2v) is 4.68. The van der Waals surface area contributed by atoms with Crippen LogP contribution in [-0.2, 0) is 5.41 Å². The van der Waals surface area contributed by atoms with Crippen molar-refractivity contribution in [2.45, 2.75) is 38.1 Å². The maximum atomic E-state index is 9.69. The van der Waals surface area contributed by atoms with Crippen molar-refractivity contribution in [1.29, 1.82) is 0 Å². The number of halogens is 1. The Morgan fingerprint density at radius 1 is 1.19 bits per heavy atom. The summed E-state index contributed by atoms with van der Waals surface area (Å²) in [6.07, 6.45) is 0.830. The van der Waals surface area contributed by atoms with Crippen LogP contribution in [0.3, 0.4) is 0 Å². The van der Waals surface area contributed by atoms with E-state index in [0.29, 0.717) is 0 Å². The van der Waals surface area contributed by atoms with Gasteiger partial charge in [-0.05, 0) is 25.8 Å². The Kier molecular flexibility index (Phi) is 5.47. The molecule has 0 aliphatic rings. The molecule has 3 heteroatoms. The molecule has 0 saturated carbocycles. The van der Waals surface area contributed by atoms with E-state index in [9.17, 15) is 5.11 Å². The Labute approximate surface area is 104 Å². The highest BCUT2D eigenvalue weighted by atomic mass is 35.5. The van der Waals surface area contributed by atoms with Crippen LogP contribution < -0.4 is 5.73 Å². The molecule has 0 fully saturated rings. The molecule has 92 valence electrons. The van der Waals surface area contributed by atoms with E-state index in [2.05, 4.69) is 6.92 Å². The zero-order chi connectivity index (χ0) is 11.5. The maximum Gasteiger partial charge on any atom is 0.0545 e. The normalized spacial score (nSPS) is 15.1. The van der Waals surface area contributed by atoms with E-state index in [-0.39, 0.29) is 24.4 Å². The van der Waals surface area contributed by atoms with Crippen LogP contribution in [0.25, 0.3) is 0 Å². The summed E-state index contributed by atoms with van der Waals surface area (Å²) in [4.78, 5) is 0. The van der Waals surface area contributed by atoms with Crippen molar-refractivity contribution in [1.82, 2.24) is 0 Å². The summed E-state index contributed by atoms with van der Waals surface area (Å²) in [5.74, 6) is 0. The molecule has 0 saturated heterocycles. The topological polar surface area (TPSA) is 46.2 Å². The third-order valence-electron chi connectivity index (χ3n) is 3.43. The summed E-state index contributed by atoms with van der Waals surface area (Å²) < 4.78 is 0. The molecule has 16 heavy (non-hydrogen) atoms. The van der Waals surface area contributed by atoms with Gasteiger partial charge in [0.2, 0.25) is 0 Å². The molecular weight excluding hydrogens is 222 g/mol. The second-order valence-electron chi connectivity index (χ2n) is 4.68. The van der Waals surface area contributed by atoms with Gasteiger partial charge in [-0.15, -0.1) is 12.4 Å². The molecule has 1 aromatic rings. The van der Waals surface area contributed by atoms with Crippen LogP contribution >= 0.6 is 12.4 Å². The lowest BCUT2D eigenvalue weighted by Gasteiger charge is -2.43. The molecule has 0 heterocycles. The van der Waals surface area contributed by atoms with Gasteiger partial charge in [-0.25, -0.2) is 0 Å². The van der Waals surface area contributed by atoms with Crippen molar-refractivity contribution in [2.75, 3.05) is 6.61 Å². The number of aliphatic hydroxyl groups is 1. The van der Waals surface area contributed by atoms with E-state index >= 15 is 0 Å². The zero-order valence-corrected chi connectivity index (χ0v) is 11.1. The lowest BCUT2D eigenvalue weighted by molar-refractivity contribution is 0.125. The fraction of sp³-hybridized carbons (Fsp3) is 0.538. The number of hydrogen-bond donors (Lipinski definition) is 2. The first-order valence-corrected chi connectivity index (χ1v) is 5.43. The standard InChI is InChI=1S/C13H21NO.ClH/c1-4-13(10-15,12(2,3)14)11-8-6-5-7-9-11;/h5-9,15H,4,10,14H2,1-3H3;1H. The minimum atomic E-state index is -0.433. The Morgan fingerprint density at radius 2 is 1.69 bits per heavy atom. The molecule has 0 bridgehead atoms. The van der Waals surface area contributed by atoms with E-state index < -0.39 is 5.54 Å². The van der Waals surface area contributed by atoms with Gasteiger partial charge in [0.05, 0.1) is 6.61 Å². The van der Waals surface area contributed by atoms with Gasteiger partial charge < -0.3 is 10.8 Å². The van der Waals surface area contributed by atoms with E-state index in [1.807, 2.05) is 44.2 Å². The van der Waals surface area contributed by atoms with Gasteiger partial charge in [0.25, 0.3) is 0 Å². The van der Waals surface area contributed by atoms with Gasteiger partial charge in [-0.2, -0.15) is 0 Å². The van der Waals surface area contributed by atoms with E-state index in [4.69, 9.17) is 5.73 Å². The van der Waals surface area contributed by atoms with Crippen LogP contribution in [0.1, 0.15) is 32.8 Å². The summed E-state index contributed by atoms with van der Waals surface area (Å²) in [6, 6.07) is 10.0. The van der Waals surface area contributed by atoms with Gasteiger partial charge in [0, 0.05) is 11.0 Å². The summed E-state index contributed by atoms with van der Waals surface area (Å²) in [7, 11) is 0. The van der Waals surface area contributed by atoms with Crippen molar-refractivity contribution in [3.05, 3.63) is 35.9 Å². The van der Waals surface area contributed by atoms with Gasteiger partial charge in [-0.1, -0.05) is 37.3 Å². The summed E-state index contributed by atoms with van der Waals surface area (Å²) >= 11 is 0. The highest BCUT2D eigenvalue weighted by Crippen LogP contribution is 2.36. The summed E-state index contributed by atoms with van der Waals surface area (Å²) in [6.45, 7) is 6.09. The van der Waals surface area contributed by atoms with E-state index in [1.165, 1.54) is 0 Å². The van der Waals surface area contributed by atoms with E-state index in [0.717, 1.165) is 12.0 Å². The van der Waals surface area contributed by atoms with Crippen molar-refractivity contribution in [2.24, 2.45) is 5.73 Å². The second kappa shape index (κ2) is 5.67. The van der Waals surface area contributed by atoms with Crippen LogP contribution in [-0.4, -0.2) is 17.3 Å². The molecule has 0 amide bonds. The minimum absolute atomic E-state index is 0. The quantitative estimate of drug-likeness (QED) is 0.854. The molecule has 1 aromatic carbocycles. The number of nitrogens with two attached hydrogens (primary N) is 1. The Hall–Kier alpha value is -0.570. The van der Waals surface area contributed by atoms with Gasteiger partial charge >= 0.3 is 0 Å². The molecular formula is C13H22ClNO. The maximum absolute atomic E-state index is 9.69. The predicted molar refractivity (Wildman–Crippen MR) is 71.0 cm³/mol. The van der Waals surface area contributed by atoms with Crippen molar-refractivity contribution >= 4 is 12.4 Å². The fourth-order valence-electron chi connectivity index (χ4n) is 2.20. The number of rotatable bonds is 4. The van der Waals surface area contributed by atoms with Crippen molar-refractivity contribution in [3.8, 4) is 0 Å². The zero-order valence-electron chi connectivity index (χ0n) is 10.2. The summed E-state index contributed by atoms with van der Waals surface area (Å²) in [5, 5.41) is 9.69. The molecule has 3 N–H and O–H groups in total. The number of benzene rings is 1. The molecule has 0 radical (unpaired) electrons. The average molecular weight is 244 g/mol. The fourth-order valence-corrected chi connectivity index (χ4v) is 2.20. The molecule has 1 rings (SSSR count). The lowest BCUT2D eigenvalue weighted by atomic mass is 9.66. The Bertz CT molecular complexity index is 301. The Morgan fingerprint density at radius 3 is 2.00 bits per heavy atom. The molecule has 0 aliphatic heterocycles. The monoisotopic (exact) mass is 243 g/mol. The van der Waals surface area contributed by atoms with Crippen molar-refractivity contribution < 1.29 is 5.11 Å². The van der Waals surface area contributed by atoms with Gasteiger partial charge in [-0.3, -0.25) is 0 Å². The largest absolute Gasteiger partial charge is 0.395 e. The first kappa shape index (κ1) is 15.4. The minimum Gasteiger partial charge on any atom is -0.395 e. The Balaban J connectivity index is 0.00000225. The molecule has 0 spiro atoms. The number of aliphatic hydroxyl groups excluding tert-OH is 1. The SMILES string of the molecule is CCC(CO)(c1ccccc1)C(C)(C)N.Cl. The van der Waals surface area contributed by atoms with Crippen LogP contribution in [0.4, 0.5) is 0 Å². The molecule has 1 atom stereocenters. The van der Waals surface area contributed by atoms with Crippen LogP contribution in [0.15, 0.2) is 30.3 Å². The third-order valence-corrected chi connectivity index (χ3v) is 3.43. The molecule has 0 aromatic heterocycles. The van der Waals surface area contributed by atoms with Gasteiger partial charge in [0.1, 0.15) is 0 Å². The molecule has 2 nitrogen and oxygen atoms in total. The highest BCUT2D eigenvalue weighted by molar-refractivity contribution is 5.85. The number of hydrogen-bond acceptors (Lipinski definition) is 2. The molecule has 0 aliphatic carbocycles. The lowest BCUT2D eigenvalue weighted by Crippen LogP contribution is -2.56. The molecule has 1 unspecified atom stereocenters. The average Bonchev–Trinajstić information content (AvgIpc) is 2.20. The van der Waals surface area contributed by atoms with Crippen molar-refractivity contribution in [3.63, 3.8) is 0 Å². The van der Waals surface area contributed by atoms with Crippen LogP contribution in [0, 0.1) is 0 Å². The van der Waals surface area contributed by atoms with Crippen LogP contribution in [0.5, 0.6) is 0 Å². The van der Waals surface area contributed by atoms with E-state index in [1.54, 1.807) is 0 Å². The predicted octanol–water partition coefficient (Wildman–Crippen LogP) is 2.49. The highest BCUT2D eigenvalue weighted by Gasteiger charge is 2.41. The first-order valence-electron chi connectivity index (χ1n) is 5.43. The third kappa shape index (κ3) is 2.57. The van der Waals surface area contributed by atoms with Gasteiger partial charge in [0.15, 0.2) is 0 Å². The first-order chi connectivity index (χ1) is 6.98. The summed E-state index contributed by atoms with van der Waals surface area (Å²) in [5.41, 5.74) is 6.54. The van der Waals surface area contributed by atoms with Crippen LogP contribution in [0.2, 0.25) is 0 Å².